The lowest BCUT2D eigenvalue weighted by Crippen LogP contribution is -2.54. The summed E-state index contributed by atoms with van der Waals surface area (Å²) in [7, 11) is 3.33. The van der Waals surface area contributed by atoms with Crippen molar-refractivity contribution in [1.29, 1.82) is 0 Å². The number of piperidine rings is 1. The minimum Gasteiger partial charge on any atom is -0.387 e. The van der Waals surface area contributed by atoms with Gasteiger partial charge in [-0.05, 0) is 43.0 Å². The van der Waals surface area contributed by atoms with Crippen molar-refractivity contribution < 1.29 is 14.7 Å². The molecule has 2 aromatic rings. The van der Waals surface area contributed by atoms with E-state index in [-0.39, 0.29) is 24.9 Å². The smallest absolute Gasteiger partial charge is 0.317 e. The molecule has 0 bridgehead atoms. The Bertz CT molecular complexity index is 819. The Kier molecular flexibility index (Phi) is 6.53. The third-order valence-electron chi connectivity index (χ3n) is 5.22. The molecule has 3 rings (SSSR count). The molecule has 156 valence electrons. The highest BCUT2D eigenvalue weighted by molar-refractivity contribution is 5.77. The van der Waals surface area contributed by atoms with E-state index in [1.165, 1.54) is 4.90 Å². The fourth-order valence-electron chi connectivity index (χ4n) is 3.53. The zero-order chi connectivity index (χ0) is 20.9. The normalized spacial score (nSPS) is 19.1. The molecule has 1 fully saturated rings. The van der Waals surface area contributed by atoms with Gasteiger partial charge in [0.1, 0.15) is 0 Å². The van der Waals surface area contributed by atoms with E-state index in [9.17, 15) is 14.7 Å². The Morgan fingerprint density at radius 3 is 2.69 bits per heavy atom. The molecule has 3 amide bonds. The second kappa shape index (κ2) is 9.09. The van der Waals surface area contributed by atoms with Gasteiger partial charge in [0.15, 0.2) is 0 Å². The van der Waals surface area contributed by atoms with E-state index in [2.05, 4.69) is 10.4 Å². The second-order valence-corrected chi connectivity index (χ2v) is 7.81. The quantitative estimate of drug-likeness (QED) is 0.769. The third-order valence-corrected chi connectivity index (χ3v) is 5.22. The largest absolute Gasteiger partial charge is 0.387 e. The number of amides is 3. The van der Waals surface area contributed by atoms with Crippen LogP contribution in [0.1, 0.15) is 24.8 Å². The first-order valence-corrected chi connectivity index (χ1v) is 9.91. The lowest BCUT2D eigenvalue weighted by molar-refractivity contribution is -0.135. The van der Waals surface area contributed by atoms with E-state index >= 15 is 0 Å². The van der Waals surface area contributed by atoms with E-state index in [0.717, 1.165) is 11.3 Å². The van der Waals surface area contributed by atoms with Crippen LogP contribution in [0.3, 0.4) is 0 Å². The summed E-state index contributed by atoms with van der Waals surface area (Å²) in [4.78, 5) is 27.5. The number of nitrogens with one attached hydrogen (secondary N) is 1. The number of hydrogen-bond donors (Lipinski definition) is 2. The molecule has 2 N–H and O–H groups in total. The first-order chi connectivity index (χ1) is 13.9. The number of hydrogen-bond acceptors (Lipinski definition) is 4. The van der Waals surface area contributed by atoms with Crippen LogP contribution in [0.5, 0.6) is 0 Å². The van der Waals surface area contributed by atoms with Crippen LogP contribution in [0.2, 0.25) is 0 Å². The van der Waals surface area contributed by atoms with Gasteiger partial charge < -0.3 is 20.2 Å². The standard InChI is InChI=1S/C21H29N5O3/c1-24(2)19(27)15-21(29)10-3-13-25(16-21)20(28)22-12-9-17-5-7-18(8-6-17)26-14-4-11-23-26/h4-8,11,14,29H,3,9-10,12-13,15-16H2,1-2H3,(H,22,28). The summed E-state index contributed by atoms with van der Waals surface area (Å²) in [5, 5.41) is 17.9. The molecule has 0 saturated carbocycles. The minimum atomic E-state index is -1.15. The predicted molar refractivity (Wildman–Crippen MR) is 110 cm³/mol. The Hall–Kier alpha value is -2.87. The van der Waals surface area contributed by atoms with E-state index in [4.69, 9.17) is 0 Å². The summed E-state index contributed by atoms with van der Waals surface area (Å²) in [6.07, 6.45) is 5.58. The van der Waals surface area contributed by atoms with Gasteiger partial charge in [-0.3, -0.25) is 4.79 Å². The maximum atomic E-state index is 12.5. The van der Waals surface area contributed by atoms with Crippen molar-refractivity contribution in [1.82, 2.24) is 24.9 Å². The molecule has 1 unspecified atom stereocenters. The van der Waals surface area contributed by atoms with Crippen LogP contribution in [0, 0.1) is 0 Å². The second-order valence-electron chi connectivity index (χ2n) is 7.81. The Labute approximate surface area is 171 Å². The van der Waals surface area contributed by atoms with Crippen molar-refractivity contribution in [3.8, 4) is 5.69 Å². The van der Waals surface area contributed by atoms with Gasteiger partial charge in [-0.25, -0.2) is 9.48 Å². The van der Waals surface area contributed by atoms with Crippen LogP contribution in [0.25, 0.3) is 5.69 Å². The van der Waals surface area contributed by atoms with Crippen molar-refractivity contribution in [3.05, 3.63) is 48.3 Å². The van der Waals surface area contributed by atoms with Crippen molar-refractivity contribution in [2.45, 2.75) is 31.3 Å². The van der Waals surface area contributed by atoms with E-state index in [1.54, 1.807) is 29.9 Å². The summed E-state index contributed by atoms with van der Waals surface area (Å²) in [5.41, 5.74) is 0.954. The number of urea groups is 1. The lowest BCUT2D eigenvalue weighted by Gasteiger charge is -2.39. The van der Waals surface area contributed by atoms with Gasteiger partial charge in [-0.2, -0.15) is 5.10 Å². The SMILES string of the molecule is CN(C)C(=O)CC1(O)CCCN(C(=O)NCCc2ccc(-n3cccn3)cc2)C1. The number of carbonyl (C=O) groups excluding carboxylic acids is 2. The molecule has 1 aliphatic heterocycles. The summed E-state index contributed by atoms with van der Waals surface area (Å²) >= 11 is 0. The van der Waals surface area contributed by atoms with Gasteiger partial charge in [0.2, 0.25) is 5.91 Å². The maximum absolute atomic E-state index is 12.5. The average molecular weight is 399 g/mol. The highest BCUT2D eigenvalue weighted by Crippen LogP contribution is 2.25. The van der Waals surface area contributed by atoms with Gasteiger partial charge in [0, 0.05) is 39.6 Å². The number of carbonyl (C=O) groups is 2. The van der Waals surface area contributed by atoms with Gasteiger partial charge in [-0.1, -0.05) is 12.1 Å². The van der Waals surface area contributed by atoms with Crippen molar-refractivity contribution in [2.24, 2.45) is 0 Å². The molecule has 2 heterocycles. The molecule has 1 aliphatic rings. The Morgan fingerprint density at radius 2 is 2.03 bits per heavy atom. The van der Waals surface area contributed by atoms with Crippen LogP contribution in [-0.4, -0.2) is 76.0 Å². The Balaban J connectivity index is 1.47. The van der Waals surface area contributed by atoms with Crippen LogP contribution in [0.15, 0.2) is 42.7 Å². The highest BCUT2D eigenvalue weighted by Gasteiger charge is 2.37. The monoisotopic (exact) mass is 399 g/mol. The predicted octanol–water partition coefficient (Wildman–Crippen LogP) is 1.43. The molecule has 8 nitrogen and oxygen atoms in total. The van der Waals surface area contributed by atoms with Gasteiger partial charge in [0.25, 0.3) is 0 Å². The zero-order valence-corrected chi connectivity index (χ0v) is 17.0. The zero-order valence-electron chi connectivity index (χ0n) is 17.0. The number of likely N-dealkylation sites (tertiary alicyclic amines) is 1. The third kappa shape index (κ3) is 5.57. The van der Waals surface area contributed by atoms with Gasteiger partial charge >= 0.3 is 6.03 Å². The van der Waals surface area contributed by atoms with Crippen LogP contribution < -0.4 is 5.32 Å². The number of benzene rings is 1. The van der Waals surface area contributed by atoms with E-state index in [1.807, 2.05) is 36.5 Å². The lowest BCUT2D eigenvalue weighted by atomic mass is 9.89. The molecule has 1 atom stereocenters. The van der Waals surface area contributed by atoms with Crippen LogP contribution in [-0.2, 0) is 11.2 Å². The van der Waals surface area contributed by atoms with Crippen molar-refractivity contribution in [3.63, 3.8) is 0 Å². The van der Waals surface area contributed by atoms with Crippen LogP contribution in [0.4, 0.5) is 4.79 Å². The molecular formula is C21H29N5O3. The van der Waals surface area contributed by atoms with Gasteiger partial charge in [-0.15, -0.1) is 0 Å². The van der Waals surface area contributed by atoms with Crippen LogP contribution >= 0.6 is 0 Å². The molecule has 0 aliphatic carbocycles. The van der Waals surface area contributed by atoms with Crippen molar-refractivity contribution >= 4 is 11.9 Å². The summed E-state index contributed by atoms with van der Waals surface area (Å²) in [5.74, 6) is -0.131. The molecule has 1 saturated heterocycles. The molecule has 0 spiro atoms. The average Bonchev–Trinajstić information content (AvgIpc) is 3.23. The summed E-state index contributed by atoms with van der Waals surface area (Å²) in [6.45, 7) is 1.27. The number of aromatic nitrogens is 2. The number of aliphatic hydroxyl groups is 1. The Morgan fingerprint density at radius 1 is 1.28 bits per heavy atom. The summed E-state index contributed by atoms with van der Waals surface area (Å²) < 4.78 is 1.80. The van der Waals surface area contributed by atoms with Gasteiger partial charge in [0.05, 0.1) is 24.3 Å². The molecule has 0 radical (unpaired) electrons. The highest BCUT2D eigenvalue weighted by atomic mass is 16.3. The van der Waals surface area contributed by atoms with E-state index in [0.29, 0.717) is 32.4 Å². The molecule has 29 heavy (non-hydrogen) atoms. The van der Waals surface area contributed by atoms with Crippen molar-refractivity contribution in [2.75, 3.05) is 33.7 Å². The summed E-state index contributed by atoms with van der Waals surface area (Å²) in [6, 6.07) is 9.72. The number of rotatable bonds is 6. The first-order valence-electron chi connectivity index (χ1n) is 9.91. The first kappa shape index (κ1) is 20.9. The topological polar surface area (TPSA) is 90.7 Å². The number of β-amino-alcohol motifs (C(OH)–C–C–N with tert-alkyl or cyclic N) is 1. The van der Waals surface area contributed by atoms with E-state index < -0.39 is 5.60 Å². The number of nitrogens with zero attached hydrogens (tertiary/aromatic N) is 4. The fourth-order valence-corrected chi connectivity index (χ4v) is 3.53. The molecule has 1 aromatic heterocycles. The molecule has 8 heteroatoms. The fraction of sp³-hybridized carbons (Fsp3) is 0.476. The minimum absolute atomic E-state index is 0.0341. The molecular weight excluding hydrogens is 370 g/mol. The molecule has 1 aromatic carbocycles. The maximum Gasteiger partial charge on any atom is 0.317 e.